The molecule has 0 aliphatic carbocycles. The Hall–Kier alpha value is -1.63. The predicted molar refractivity (Wildman–Crippen MR) is 111 cm³/mol. The van der Waals surface area contributed by atoms with Gasteiger partial charge in [0.05, 0.1) is 30.7 Å². The van der Waals surface area contributed by atoms with E-state index in [4.69, 9.17) is 11.6 Å². The molecule has 1 aromatic carbocycles. The molecule has 1 aliphatic heterocycles. The lowest BCUT2D eigenvalue weighted by molar-refractivity contribution is -0.928. The number of carbonyl (C=O) groups is 2. The number of hydrogen-bond donors (Lipinski definition) is 3. The Morgan fingerprint density at radius 3 is 2.85 bits per heavy atom. The molecule has 3 N–H and O–H groups in total. The van der Waals surface area contributed by atoms with Gasteiger partial charge in [-0.2, -0.15) is 0 Å². The van der Waals surface area contributed by atoms with E-state index in [9.17, 15) is 9.59 Å². The van der Waals surface area contributed by atoms with Crippen LogP contribution < -0.4 is 15.5 Å². The molecule has 0 radical (unpaired) electrons. The SMILES string of the molecule is C[C@H]1CCCC[NH+]1CCCNC(=O)CNC(=O)c1sc2ccccc2c1Cl. The normalized spacial score (nSPS) is 19.8. The van der Waals surface area contributed by atoms with Gasteiger partial charge < -0.3 is 15.5 Å². The second-order valence-electron chi connectivity index (χ2n) is 7.18. The standard InChI is InChI=1S/C20H26ClN3O2S/c1-14-7-4-5-11-24(14)12-6-10-22-17(25)13-23-20(26)19-18(21)15-8-2-3-9-16(15)27-19/h2-3,8-9,14H,4-7,10-13H2,1H3,(H,22,25)(H,23,26)/p+1/t14-/m0/s1. The number of nitrogens with one attached hydrogen (secondary N) is 3. The number of halogens is 1. The zero-order valence-corrected chi connectivity index (χ0v) is 17.2. The molecule has 1 fully saturated rings. The van der Waals surface area contributed by atoms with Crippen LogP contribution >= 0.6 is 22.9 Å². The molecule has 0 saturated carbocycles. The first-order valence-electron chi connectivity index (χ1n) is 9.62. The zero-order valence-electron chi connectivity index (χ0n) is 15.6. The first-order chi connectivity index (χ1) is 13.1. The Bertz CT molecular complexity index is 808. The van der Waals surface area contributed by atoms with Gasteiger partial charge in [-0.15, -0.1) is 11.3 Å². The van der Waals surface area contributed by atoms with Crippen molar-refractivity contribution in [2.45, 2.75) is 38.6 Å². The molecule has 7 heteroatoms. The van der Waals surface area contributed by atoms with Crippen molar-refractivity contribution in [3.8, 4) is 0 Å². The molecule has 3 rings (SSSR count). The zero-order chi connectivity index (χ0) is 19.2. The monoisotopic (exact) mass is 408 g/mol. The predicted octanol–water partition coefficient (Wildman–Crippen LogP) is 2.25. The number of rotatable bonds is 7. The maximum atomic E-state index is 12.3. The second-order valence-corrected chi connectivity index (χ2v) is 8.61. The van der Waals surface area contributed by atoms with E-state index >= 15 is 0 Å². The van der Waals surface area contributed by atoms with Crippen molar-refractivity contribution in [2.24, 2.45) is 0 Å². The molecular weight excluding hydrogens is 382 g/mol. The molecule has 2 atom stereocenters. The summed E-state index contributed by atoms with van der Waals surface area (Å²) in [5, 5.41) is 6.88. The summed E-state index contributed by atoms with van der Waals surface area (Å²) in [5.41, 5.74) is 0. The minimum absolute atomic E-state index is 0.0314. The maximum absolute atomic E-state index is 12.3. The smallest absolute Gasteiger partial charge is 0.263 e. The Balaban J connectivity index is 1.39. The summed E-state index contributed by atoms with van der Waals surface area (Å²) < 4.78 is 0.964. The van der Waals surface area contributed by atoms with Crippen molar-refractivity contribution in [3.05, 3.63) is 34.2 Å². The fraction of sp³-hybridized carbons (Fsp3) is 0.500. The summed E-state index contributed by atoms with van der Waals surface area (Å²) in [6.45, 7) is 5.25. The highest BCUT2D eigenvalue weighted by Gasteiger charge is 2.21. The Morgan fingerprint density at radius 2 is 2.07 bits per heavy atom. The number of hydrogen-bond acceptors (Lipinski definition) is 3. The molecule has 2 aromatic rings. The summed E-state index contributed by atoms with van der Waals surface area (Å²) in [6.07, 6.45) is 4.90. The van der Waals surface area contributed by atoms with Crippen molar-refractivity contribution in [2.75, 3.05) is 26.2 Å². The number of benzene rings is 1. The fourth-order valence-corrected chi connectivity index (χ4v) is 5.06. The van der Waals surface area contributed by atoms with Crippen LogP contribution in [0.2, 0.25) is 5.02 Å². The quantitative estimate of drug-likeness (QED) is 0.615. The van der Waals surface area contributed by atoms with Gasteiger partial charge in [0.2, 0.25) is 5.91 Å². The van der Waals surface area contributed by atoms with Crippen LogP contribution in [0.15, 0.2) is 24.3 Å². The molecule has 2 amide bonds. The number of quaternary nitrogens is 1. The largest absolute Gasteiger partial charge is 0.354 e. The first-order valence-corrected chi connectivity index (χ1v) is 10.8. The van der Waals surface area contributed by atoms with E-state index < -0.39 is 0 Å². The van der Waals surface area contributed by atoms with Crippen molar-refractivity contribution in [1.29, 1.82) is 0 Å². The lowest BCUT2D eigenvalue weighted by Crippen LogP contribution is -3.16. The minimum atomic E-state index is -0.303. The minimum Gasteiger partial charge on any atom is -0.354 e. The van der Waals surface area contributed by atoms with E-state index in [-0.39, 0.29) is 18.4 Å². The van der Waals surface area contributed by atoms with Crippen molar-refractivity contribution in [1.82, 2.24) is 10.6 Å². The van der Waals surface area contributed by atoms with E-state index in [0.717, 1.165) is 29.1 Å². The number of likely N-dealkylation sites (tertiary alicyclic amines) is 1. The molecule has 1 saturated heterocycles. The maximum Gasteiger partial charge on any atom is 0.263 e. The molecule has 5 nitrogen and oxygen atoms in total. The summed E-state index contributed by atoms with van der Waals surface area (Å²) >= 11 is 7.64. The van der Waals surface area contributed by atoms with Crippen molar-refractivity contribution < 1.29 is 14.5 Å². The molecule has 146 valence electrons. The van der Waals surface area contributed by atoms with Crippen LogP contribution in [0, 0.1) is 0 Å². The van der Waals surface area contributed by atoms with Gasteiger partial charge in [-0.05, 0) is 32.3 Å². The third-order valence-electron chi connectivity index (χ3n) is 5.23. The highest BCUT2D eigenvalue weighted by molar-refractivity contribution is 7.21. The van der Waals surface area contributed by atoms with Gasteiger partial charge in [-0.3, -0.25) is 9.59 Å². The molecular formula is C20H27ClN3O2S+. The van der Waals surface area contributed by atoms with Gasteiger partial charge in [0, 0.05) is 23.1 Å². The van der Waals surface area contributed by atoms with Crippen LogP contribution in [0.3, 0.4) is 0 Å². The van der Waals surface area contributed by atoms with E-state index in [0.29, 0.717) is 16.4 Å². The number of fused-ring (bicyclic) bond motifs is 1. The van der Waals surface area contributed by atoms with Gasteiger partial charge in [0.1, 0.15) is 4.88 Å². The average molecular weight is 409 g/mol. The van der Waals surface area contributed by atoms with Crippen LogP contribution in [-0.2, 0) is 4.79 Å². The van der Waals surface area contributed by atoms with Crippen LogP contribution in [0.1, 0.15) is 42.3 Å². The number of thiophene rings is 1. The highest BCUT2D eigenvalue weighted by atomic mass is 35.5. The summed E-state index contributed by atoms with van der Waals surface area (Å²) in [4.78, 5) is 26.4. The van der Waals surface area contributed by atoms with Crippen molar-refractivity contribution in [3.63, 3.8) is 0 Å². The highest BCUT2D eigenvalue weighted by Crippen LogP contribution is 2.34. The van der Waals surface area contributed by atoms with Crippen LogP contribution in [0.5, 0.6) is 0 Å². The second kappa shape index (κ2) is 9.53. The van der Waals surface area contributed by atoms with Gasteiger partial charge in [-0.1, -0.05) is 29.8 Å². The number of piperidine rings is 1. The van der Waals surface area contributed by atoms with Crippen LogP contribution in [0.4, 0.5) is 0 Å². The molecule has 27 heavy (non-hydrogen) atoms. The Morgan fingerprint density at radius 1 is 1.26 bits per heavy atom. The molecule has 1 unspecified atom stereocenters. The molecule has 1 aromatic heterocycles. The summed E-state index contributed by atoms with van der Waals surface area (Å²) in [7, 11) is 0. The Labute approximate surface area is 169 Å². The number of carbonyl (C=O) groups excluding carboxylic acids is 2. The van der Waals surface area contributed by atoms with E-state index in [1.807, 2.05) is 24.3 Å². The molecule has 0 spiro atoms. The van der Waals surface area contributed by atoms with Crippen LogP contribution in [0.25, 0.3) is 10.1 Å². The molecule has 1 aliphatic rings. The lowest BCUT2D eigenvalue weighted by Gasteiger charge is -2.30. The fourth-order valence-electron chi connectivity index (χ4n) is 3.63. The summed E-state index contributed by atoms with van der Waals surface area (Å²) in [5.74, 6) is -0.467. The van der Waals surface area contributed by atoms with Gasteiger partial charge in [0.25, 0.3) is 5.91 Å². The van der Waals surface area contributed by atoms with E-state index in [1.165, 1.54) is 37.1 Å². The third kappa shape index (κ3) is 5.21. The molecule has 0 bridgehead atoms. The van der Waals surface area contributed by atoms with E-state index in [1.54, 1.807) is 4.90 Å². The summed E-state index contributed by atoms with van der Waals surface area (Å²) in [6, 6.07) is 8.35. The van der Waals surface area contributed by atoms with Gasteiger partial charge in [-0.25, -0.2) is 0 Å². The number of amides is 2. The molecule has 2 heterocycles. The average Bonchev–Trinajstić information content (AvgIpc) is 3.02. The lowest BCUT2D eigenvalue weighted by atomic mass is 10.0. The van der Waals surface area contributed by atoms with Crippen molar-refractivity contribution >= 4 is 44.8 Å². The van der Waals surface area contributed by atoms with Gasteiger partial charge in [0.15, 0.2) is 0 Å². The first kappa shape index (κ1) is 20.1. The van der Waals surface area contributed by atoms with E-state index in [2.05, 4.69) is 17.6 Å². The van der Waals surface area contributed by atoms with Crippen LogP contribution in [-0.4, -0.2) is 44.0 Å². The Kier molecular flexibility index (Phi) is 7.10. The third-order valence-corrected chi connectivity index (χ3v) is 6.90. The topological polar surface area (TPSA) is 62.6 Å². The van der Waals surface area contributed by atoms with Gasteiger partial charge >= 0.3 is 0 Å².